The van der Waals surface area contributed by atoms with Crippen molar-refractivity contribution in [3.8, 4) is 22.6 Å². The van der Waals surface area contributed by atoms with Gasteiger partial charge in [-0.25, -0.2) is 4.79 Å². The number of nitrogens with zero attached hydrogens (tertiary/aromatic N) is 2. The van der Waals surface area contributed by atoms with E-state index in [0.717, 1.165) is 28.0 Å². The van der Waals surface area contributed by atoms with E-state index in [0.29, 0.717) is 29.9 Å². The van der Waals surface area contributed by atoms with Crippen molar-refractivity contribution in [1.29, 1.82) is 0 Å². The molecule has 0 aliphatic heterocycles. The van der Waals surface area contributed by atoms with Crippen LogP contribution in [-0.4, -0.2) is 44.4 Å². The highest BCUT2D eigenvalue weighted by atomic mass is 35.5. The standard InChI is InChI=1S/C26H25ClN2O5/c1-17(25(30)31-3)33-20-12-13-22(27)21(16-20)18-8-10-19(11-9-18)32-15-14-29(2)26-28-23-6-4-5-7-24(23)34-26/h4-13,16-17H,14-15H2,1-3H3. The van der Waals surface area contributed by atoms with Gasteiger partial charge >= 0.3 is 5.97 Å². The maximum atomic E-state index is 11.6. The van der Waals surface area contributed by atoms with Crippen molar-refractivity contribution < 1.29 is 23.4 Å². The number of rotatable bonds is 9. The lowest BCUT2D eigenvalue weighted by Gasteiger charge is -2.15. The van der Waals surface area contributed by atoms with E-state index in [-0.39, 0.29) is 0 Å². The van der Waals surface area contributed by atoms with Crippen molar-refractivity contribution in [2.24, 2.45) is 0 Å². The molecule has 1 aromatic heterocycles. The van der Waals surface area contributed by atoms with Crippen molar-refractivity contribution in [3.63, 3.8) is 0 Å². The van der Waals surface area contributed by atoms with Crippen LogP contribution in [0.15, 0.2) is 71.1 Å². The number of hydrogen-bond acceptors (Lipinski definition) is 7. The van der Waals surface area contributed by atoms with Gasteiger partial charge in [-0.05, 0) is 55.0 Å². The van der Waals surface area contributed by atoms with E-state index >= 15 is 0 Å². The lowest BCUT2D eigenvalue weighted by Crippen LogP contribution is -2.24. The molecule has 1 unspecified atom stereocenters. The lowest BCUT2D eigenvalue weighted by molar-refractivity contribution is -0.147. The Kier molecular flexibility index (Phi) is 7.23. The molecule has 1 heterocycles. The maximum Gasteiger partial charge on any atom is 0.346 e. The number of likely N-dealkylation sites (N-methyl/N-ethyl adjacent to an activating group) is 1. The lowest BCUT2D eigenvalue weighted by atomic mass is 10.1. The molecule has 3 aromatic carbocycles. The number of methoxy groups -OCH3 is 1. The number of fused-ring (bicyclic) bond motifs is 1. The minimum atomic E-state index is -0.720. The van der Waals surface area contributed by atoms with Gasteiger partial charge in [-0.15, -0.1) is 0 Å². The fourth-order valence-electron chi connectivity index (χ4n) is 3.37. The Morgan fingerprint density at radius 3 is 2.56 bits per heavy atom. The Morgan fingerprint density at radius 2 is 1.82 bits per heavy atom. The number of carbonyl (C=O) groups is 1. The topological polar surface area (TPSA) is 74.0 Å². The molecule has 4 rings (SSSR count). The van der Waals surface area contributed by atoms with Crippen LogP contribution in [0, 0.1) is 0 Å². The van der Waals surface area contributed by atoms with Gasteiger partial charge in [-0.1, -0.05) is 35.9 Å². The Balaban J connectivity index is 1.36. The van der Waals surface area contributed by atoms with Crippen LogP contribution in [0.4, 0.5) is 6.01 Å². The van der Waals surface area contributed by atoms with E-state index in [1.807, 2.05) is 60.5 Å². The average molecular weight is 481 g/mol. The van der Waals surface area contributed by atoms with Crippen LogP contribution in [0.25, 0.3) is 22.2 Å². The Bertz CT molecular complexity index is 1240. The molecule has 4 aromatic rings. The maximum absolute atomic E-state index is 11.6. The molecule has 0 radical (unpaired) electrons. The molecule has 34 heavy (non-hydrogen) atoms. The van der Waals surface area contributed by atoms with Gasteiger partial charge in [-0.3, -0.25) is 0 Å². The van der Waals surface area contributed by atoms with Gasteiger partial charge < -0.3 is 23.5 Å². The Hall–Kier alpha value is -3.71. The summed E-state index contributed by atoms with van der Waals surface area (Å²) >= 11 is 6.40. The molecule has 0 saturated carbocycles. The molecule has 0 fully saturated rings. The molecular weight excluding hydrogens is 456 g/mol. The van der Waals surface area contributed by atoms with E-state index in [1.165, 1.54) is 7.11 Å². The molecular formula is C26H25ClN2O5. The zero-order valence-electron chi connectivity index (χ0n) is 19.2. The van der Waals surface area contributed by atoms with E-state index < -0.39 is 12.1 Å². The predicted octanol–water partition coefficient (Wildman–Crippen LogP) is 5.60. The van der Waals surface area contributed by atoms with Gasteiger partial charge in [-0.2, -0.15) is 4.98 Å². The highest BCUT2D eigenvalue weighted by Crippen LogP contribution is 2.33. The summed E-state index contributed by atoms with van der Waals surface area (Å²) in [6, 6.07) is 21.1. The van der Waals surface area contributed by atoms with Gasteiger partial charge in [0.05, 0.1) is 13.7 Å². The molecule has 176 valence electrons. The average Bonchev–Trinajstić information content (AvgIpc) is 3.29. The third-order valence-electron chi connectivity index (χ3n) is 5.25. The SMILES string of the molecule is COC(=O)C(C)Oc1ccc(Cl)c(-c2ccc(OCCN(C)c3nc4ccccc4o3)cc2)c1. The molecule has 0 saturated heterocycles. The molecule has 0 aliphatic carbocycles. The second-order valence-electron chi connectivity index (χ2n) is 7.68. The number of aromatic nitrogens is 1. The summed E-state index contributed by atoms with van der Waals surface area (Å²) in [5.41, 5.74) is 3.28. The van der Waals surface area contributed by atoms with Crippen molar-refractivity contribution in [2.45, 2.75) is 13.0 Å². The van der Waals surface area contributed by atoms with Crippen LogP contribution in [0.1, 0.15) is 6.92 Å². The third kappa shape index (κ3) is 5.43. The van der Waals surface area contributed by atoms with Crippen LogP contribution in [0.3, 0.4) is 0 Å². The highest BCUT2D eigenvalue weighted by Gasteiger charge is 2.16. The third-order valence-corrected chi connectivity index (χ3v) is 5.58. The molecule has 0 bridgehead atoms. The first-order chi connectivity index (χ1) is 16.4. The van der Waals surface area contributed by atoms with E-state index in [4.69, 9.17) is 30.2 Å². The predicted molar refractivity (Wildman–Crippen MR) is 132 cm³/mol. The summed E-state index contributed by atoms with van der Waals surface area (Å²) in [5.74, 6) is 0.817. The summed E-state index contributed by atoms with van der Waals surface area (Å²) in [6.07, 6.45) is -0.720. The van der Waals surface area contributed by atoms with Gasteiger partial charge in [0, 0.05) is 17.6 Å². The molecule has 7 nitrogen and oxygen atoms in total. The van der Waals surface area contributed by atoms with Crippen LogP contribution in [0.5, 0.6) is 11.5 Å². The monoisotopic (exact) mass is 480 g/mol. The fraction of sp³-hybridized carbons (Fsp3) is 0.231. The number of hydrogen-bond donors (Lipinski definition) is 0. The first-order valence-corrected chi connectivity index (χ1v) is 11.2. The van der Waals surface area contributed by atoms with Gasteiger partial charge in [0.1, 0.15) is 23.6 Å². The quantitative estimate of drug-likeness (QED) is 0.288. The summed E-state index contributed by atoms with van der Waals surface area (Å²) in [6.45, 7) is 2.70. The van der Waals surface area contributed by atoms with Crippen molar-refractivity contribution >= 4 is 34.7 Å². The van der Waals surface area contributed by atoms with Crippen LogP contribution >= 0.6 is 11.6 Å². The molecule has 1 atom stereocenters. The minimum Gasteiger partial charge on any atom is -0.492 e. The van der Waals surface area contributed by atoms with Crippen LogP contribution < -0.4 is 14.4 Å². The summed E-state index contributed by atoms with van der Waals surface area (Å²) in [4.78, 5) is 18.0. The van der Waals surface area contributed by atoms with Crippen LogP contribution in [-0.2, 0) is 9.53 Å². The number of ether oxygens (including phenoxy) is 3. The second-order valence-corrected chi connectivity index (χ2v) is 8.09. The smallest absolute Gasteiger partial charge is 0.346 e. The Labute approximate surface area is 202 Å². The van der Waals surface area contributed by atoms with Crippen molar-refractivity contribution in [1.82, 2.24) is 4.98 Å². The molecule has 8 heteroatoms. The number of carbonyl (C=O) groups excluding carboxylic acids is 1. The zero-order chi connectivity index (χ0) is 24.1. The number of para-hydroxylation sites is 2. The van der Waals surface area contributed by atoms with E-state index in [2.05, 4.69) is 4.98 Å². The number of anilines is 1. The normalized spacial score (nSPS) is 11.8. The molecule has 0 amide bonds. The van der Waals surface area contributed by atoms with Gasteiger partial charge in [0.2, 0.25) is 0 Å². The van der Waals surface area contributed by atoms with Crippen LogP contribution in [0.2, 0.25) is 5.02 Å². The van der Waals surface area contributed by atoms with Gasteiger partial charge in [0.25, 0.3) is 6.01 Å². The number of halogens is 1. The van der Waals surface area contributed by atoms with Gasteiger partial charge in [0.15, 0.2) is 11.7 Å². The van der Waals surface area contributed by atoms with E-state index in [1.54, 1.807) is 25.1 Å². The first kappa shape index (κ1) is 23.4. The molecule has 0 aliphatic rings. The zero-order valence-corrected chi connectivity index (χ0v) is 19.9. The summed E-state index contributed by atoms with van der Waals surface area (Å²) < 4.78 is 22.0. The molecule has 0 N–H and O–H groups in total. The Morgan fingerprint density at radius 1 is 1.09 bits per heavy atom. The number of benzene rings is 3. The summed E-state index contributed by atoms with van der Waals surface area (Å²) in [5, 5.41) is 0.576. The van der Waals surface area contributed by atoms with Crippen molar-refractivity contribution in [3.05, 3.63) is 71.8 Å². The molecule has 0 spiro atoms. The number of oxazole rings is 1. The summed E-state index contributed by atoms with van der Waals surface area (Å²) in [7, 11) is 3.24. The highest BCUT2D eigenvalue weighted by molar-refractivity contribution is 6.33. The number of esters is 1. The fourth-order valence-corrected chi connectivity index (χ4v) is 3.59. The second kappa shape index (κ2) is 10.5. The largest absolute Gasteiger partial charge is 0.492 e. The van der Waals surface area contributed by atoms with E-state index in [9.17, 15) is 4.79 Å². The van der Waals surface area contributed by atoms with Crippen molar-refractivity contribution in [2.75, 3.05) is 32.2 Å². The first-order valence-electron chi connectivity index (χ1n) is 10.8. The minimum absolute atomic E-state index is 0.445.